The molecule has 0 saturated carbocycles. The van der Waals surface area contributed by atoms with Gasteiger partial charge in [0.1, 0.15) is 0 Å². The first-order valence-electron chi connectivity index (χ1n) is 6.07. The average Bonchev–Trinajstić information content (AvgIpc) is 2.37. The topological polar surface area (TPSA) is 59.0 Å². The van der Waals surface area contributed by atoms with Crippen LogP contribution in [-0.2, 0) is 4.79 Å². The van der Waals surface area contributed by atoms with Gasteiger partial charge in [0.05, 0.1) is 20.1 Å². The van der Waals surface area contributed by atoms with Crippen LogP contribution in [0.5, 0.6) is 11.5 Å². The fraction of sp³-hybridized carbons (Fsp3) is 0.500. The van der Waals surface area contributed by atoms with E-state index in [4.69, 9.17) is 14.6 Å². The number of carboxylic acid groups (broad SMARTS) is 1. The van der Waals surface area contributed by atoms with Crippen molar-refractivity contribution in [2.45, 2.75) is 13.8 Å². The van der Waals surface area contributed by atoms with Crippen molar-refractivity contribution in [1.82, 2.24) is 0 Å². The minimum absolute atomic E-state index is 0.433. The second-order valence-corrected chi connectivity index (χ2v) is 4.61. The van der Waals surface area contributed by atoms with Gasteiger partial charge in [-0.15, -0.1) is 0 Å². The summed E-state index contributed by atoms with van der Waals surface area (Å²) in [5.74, 6) is 0.0730. The Kier molecular flexibility index (Phi) is 5.03. The predicted octanol–water partition coefficient (Wildman–Crippen LogP) is 2.17. The van der Waals surface area contributed by atoms with E-state index in [2.05, 4.69) is 0 Å². The van der Waals surface area contributed by atoms with Crippen LogP contribution < -0.4 is 14.4 Å². The number of nitrogens with zero attached hydrogens (tertiary/aromatic N) is 1. The largest absolute Gasteiger partial charge is 0.493 e. The molecular formula is C14H21NO4. The molecule has 0 amide bonds. The summed E-state index contributed by atoms with van der Waals surface area (Å²) >= 11 is 0. The average molecular weight is 267 g/mol. The van der Waals surface area contributed by atoms with Gasteiger partial charge in [-0.2, -0.15) is 0 Å². The number of rotatable bonds is 6. The number of anilines is 1. The minimum Gasteiger partial charge on any atom is -0.493 e. The minimum atomic E-state index is -0.801. The Morgan fingerprint density at radius 3 is 2.32 bits per heavy atom. The normalized spacial score (nSPS) is 11.8. The molecule has 1 aromatic rings. The van der Waals surface area contributed by atoms with Crippen molar-refractivity contribution < 1.29 is 19.4 Å². The molecule has 1 rings (SSSR count). The van der Waals surface area contributed by atoms with Gasteiger partial charge in [0.15, 0.2) is 11.5 Å². The van der Waals surface area contributed by atoms with Crippen LogP contribution in [0.2, 0.25) is 0 Å². The Bertz CT molecular complexity index is 459. The van der Waals surface area contributed by atoms with Crippen LogP contribution in [0.4, 0.5) is 5.69 Å². The number of hydrogen-bond donors (Lipinski definition) is 1. The van der Waals surface area contributed by atoms with E-state index >= 15 is 0 Å². The maximum Gasteiger partial charge on any atom is 0.308 e. The number of aliphatic carboxylic acids is 1. The third-order valence-corrected chi connectivity index (χ3v) is 3.08. The molecule has 0 aliphatic heterocycles. The van der Waals surface area contributed by atoms with Crippen molar-refractivity contribution in [2.24, 2.45) is 5.92 Å². The Morgan fingerprint density at radius 2 is 1.84 bits per heavy atom. The maximum absolute atomic E-state index is 10.9. The fourth-order valence-corrected chi connectivity index (χ4v) is 1.97. The SMILES string of the molecule is COc1cc(C)c(N(C)CC(C)C(=O)O)cc1OC. The van der Waals surface area contributed by atoms with Crippen molar-refractivity contribution in [3.8, 4) is 11.5 Å². The van der Waals surface area contributed by atoms with Crippen LogP contribution in [0, 0.1) is 12.8 Å². The number of methoxy groups -OCH3 is 2. The van der Waals surface area contributed by atoms with Crippen molar-refractivity contribution >= 4 is 11.7 Å². The zero-order valence-electron chi connectivity index (χ0n) is 12.1. The summed E-state index contributed by atoms with van der Waals surface area (Å²) in [6, 6.07) is 3.75. The number of carboxylic acids is 1. The molecule has 0 aromatic heterocycles. The Morgan fingerprint density at radius 1 is 1.32 bits per heavy atom. The summed E-state index contributed by atoms with van der Waals surface area (Å²) in [6.45, 7) is 4.08. The third kappa shape index (κ3) is 3.53. The van der Waals surface area contributed by atoms with Crippen molar-refractivity contribution in [3.05, 3.63) is 17.7 Å². The zero-order valence-corrected chi connectivity index (χ0v) is 12.1. The van der Waals surface area contributed by atoms with Crippen LogP contribution >= 0.6 is 0 Å². The van der Waals surface area contributed by atoms with Crippen LogP contribution in [-0.4, -0.2) is 38.9 Å². The maximum atomic E-state index is 10.9. The first-order chi connectivity index (χ1) is 8.90. The Labute approximate surface area is 113 Å². The molecule has 19 heavy (non-hydrogen) atoms. The van der Waals surface area contributed by atoms with E-state index in [1.807, 2.05) is 31.0 Å². The summed E-state index contributed by atoms with van der Waals surface area (Å²) in [7, 11) is 5.04. The van der Waals surface area contributed by atoms with Crippen LogP contribution in [0.3, 0.4) is 0 Å². The highest BCUT2D eigenvalue weighted by atomic mass is 16.5. The molecule has 1 aromatic carbocycles. The van der Waals surface area contributed by atoms with Gasteiger partial charge >= 0.3 is 5.97 Å². The molecule has 5 heteroatoms. The molecule has 1 unspecified atom stereocenters. The molecule has 0 heterocycles. The third-order valence-electron chi connectivity index (χ3n) is 3.08. The molecule has 0 bridgehead atoms. The van der Waals surface area contributed by atoms with Crippen LogP contribution in [0.25, 0.3) is 0 Å². The lowest BCUT2D eigenvalue weighted by Gasteiger charge is -2.24. The van der Waals surface area contributed by atoms with E-state index in [-0.39, 0.29) is 0 Å². The molecule has 0 spiro atoms. The van der Waals surface area contributed by atoms with Gasteiger partial charge in [-0.1, -0.05) is 6.92 Å². The first kappa shape index (κ1) is 15.1. The van der Waals surface area contributed by atoms with E-state index < -0.39 is 11.9 Å². The monoisotopic (exact) mass is 267 g/mol. The van der Waals surface area contributed by atoms with Gasteiger partial charge in [0.2, 0.25) is 0 Å². The molecule has 0 radical (unpaired) electrons. The second-order valence-electron chi connectivity index (χ2n) is 4.61. The van der Waals surface area contributed by atoms with Gasteiger partial charge in [-0.25, -0.2) is 0 Å². The summed E-state index contributed by atoms with van der Waals surface area (Å²) in [5, 5.41) is 8.96. The molecule has 5 nitrogen and oxygen atoms in total. The molecule has 0 aliphatic carbocycles. The molecule has 106 valence electrons. The predicted molar refractivity (Wildman–Crippen MR) is 74.4 cm³/mol. The summed E-state index contributed by atoms with van der Waals surface area (Å²) in [5.41, 5.74) is 1.95. The highest BCUT2D eigenvalue weighted by Gasteiger charge is 2.17. The van der Waals surface area contributed by atoms with E-state index in [1.165, 1.54) is 0 Å². The lowest BCUT2D eigenvalue weighted by Crippen LogP contribution is -2.28. The van der Waals surface area contributed by atoms with Gasteiger partial charge in [0, 0.05) is 25.3 Å². The van der Waals surface area contributed by atoms with Crippen molar-refractivity contribution in [1.29, 1.82) is 0 Å². The highest BCUT2D eigenvalue weighted by molar-refractivity contribution is 5.71. The van der Waals surface area contributed by atoms with Crippen LogP contribution in [0.1, 0.15) is 12.5 Å². The first-order valence-corrected chi connectivity index (χ1v) is 6.07. The summed E-state index contributed by atoms with van der Waals surface area (Å²) in [6.07, 6.45) is 0. The van der Waals surface area contributed by atoms with Crippen LogP contribution in [0.15, 0.2) is 12.1 Å². The second kappa shape index (κ2) is 6.31. The molecule has 0 saturated heterocycles. The van der Waals surface area contributed by atoms with Gasteiger partial charge in [0.25, 0.3) is 0 Å². The number of ether oxygens (including phenoxy) is 2. The molecule has 1 N–H and O–H groups in total. The number of aryl methyl sites for hydroxylation is 1. The van der Waals surface area contributed by atoms with Crippen molar-refractivity contribution in [3.63, 3.8) is 0 Å². The number of hydrogen-bond acceptors (Lipinski definition) is 4. The lowest BCUT2D eigenvalue weighted by molar-refractivity contribution is -0.140. The standard InChI is InChI=1S/C14H21NO4/c1-9-6-12(18-4)13(19-5)7-11(9)15(3)8-10(2)14(16)17/h6-7,10H,8H2,1-5H3,(H,16,17). The van der Waals surface area contributed by atoms with Gasteiger partial charge in [-0.3, -0.25) is 4.79 Å². The Hall–Kier alpha value is -1.91. The van der Waals surface area contributed by atoms with E-state index in [1.54, 1.807) is 21.1 Å². The smallest absolute Gasteiger partial charge is 0.308 e. The van der Waals surface area contributed by atoms with E-state index in [0.717, 1.165) is 11.3 Å². The molecule has 0 aliphatic rings. The quantitative estimate of drug-likeness (QED) is 0.856. The lowest BCUT2D eigenvalue weighted by atomic mass is 10.1. The number of benzene rings is 1. The van der Waals surface area contributed by atoms with Gasteiger partial charge in [-0.05, 0) is 18.6 Å². The summed E-state index contributed by atoms with van der Waals surface area (Å²) in [4.78, 5) is 12.8. The Balaban J connectivity index is 3.02. The van der Waals surface area contributed by atoms with Crippen molar-refractivity contribution in [2.75, 3.05) is 32.7 Å². The summed E-state index contributed by atoms with van der Waals surface area (Å²) < 4.78 is 10.5. The molecule has 1 atom stereocenters. The van der Waals surface area contributed by atoms with Gasteiger partial charge < -0.3 is 19.5 Å². The number of carbonyl (C=O) groups is 1. The zero-order chi connectivity index (χ0) is 14.6. The molecular weight excluding hydrogens is 246 g/mol. The molecule has 0 fully saturated rings. The van der Waals surface area contributed by atoms with E-state index in [9.17, 15) is 4.79 Å². The highest BCUT2D eigenvalue weighted by Crippen LogP contribution is 2.34. The van der Waals surface area contributed by atoms with E-state index in [0.29, 0.717) is 18.0 Å². The fourth-order valence-electron chi connectivity index (χ4n) is 1.97.